The van der Waals surface area contributed by atoms with Gasteiger partial charge in [0.1, 0.15) is 7.05 Å². The zero-order valence-corrected chi connectivity index (χ0v) is 20.8. The van der Waals surface area contributed by atoms with Crippen molar-refractivity contribution in [1.82, 2.24) is 4.57 Å². The molecule has 0 aliphatic rings. The molecule has 2 aromatic heterocycles. The highest BCUT2D eigenvalue weighted by Gasteiger charge is 2.12. The van der Waals surface area contributed by atoms with Gasteiger partial charge in [-0.1, -0.05) is 18.2 Å². The monoisotopic (exact) mass is 480 g/mol. The van der Waals surface area contributed by atoms with E-state index in [1.807, 2.05) is 0 Å². The number of para-hydroxylation sites is 1. The highest BCUT2D eigenvalue weighted by molar-refractivity contribution is 7.79. The summed E-state index contributed by atoms with van der Waals surface area (Å²) in [6, 6.07) is 23.8. The largest absolute Gasteiger partial charge is 0.394 e. The summed E-state index contributed by atoms with van der Waals surface area (Å²) in [6.45, 7) is 4.35. The van der Waals surface area contributed by atoms with Crippen LogP contribution in [0.4, 0.5) is 5.69 Å². The lowest BCUT2D eigenvalue weighted by molar-refractivity contribution is -0.646. The topological polar surface area (TPSA) is 86.7 Å². The second-order valence-corrected chi connectivity index (χ2v) is 9.13. The van der Waals surface area contributed by atoms with Crippen LogP contribution in [0.15, 0.2) is 66.7 Å². The van der Waals surface area contributed by atoms with Gasteiger partial charge in [0.2, 0.25) is 11.2 Å². The molecule has 2 N–H and O–H groups in total. The third-order valence-corrected chi connectivity index (χ3v) is 5.63. The maximum atomic E-state index is 8.74. The van der Waals surface area contributed by atoms with Crippen molar-refractivity contribution < 1.29 is 22.1 Å². The van der Waals surface area contributed by atoms with E-state index >= 15 is 0 Å². The predicted molar refractivity (Wildman–Crippen MR) is 138 cm³/mol. The molecule has 0 bridgehead atoms. The van der Waals surface area contributed by atoms with E-state index in [-0.39, 0.29) is 0 Å². The molecule has 0 saturated carbocycles. The lowest BCUT2D eigenvalue weighted by Crippen LogP contribution is -2.32. The minimum Gasteiger partial charge on any atom is -0.378 e. The zero-order valence-electron chi connectivity index (χ0n) is 20.0. The predicted octanol–water partition coefficient (Wildman–Crippen LogP) is 4.66. The van der Waals surface area contributed by atoms with Crippen LogP contribution >= 0.6 is 0 Å². The Kier molecular flexibility index (Phi) is 7.56. The molecule has 4 rings (SSSR count). The van der Waals surface area contributed by atoms with Crippen molar-refractivity contribution in [1.29, 1.82) is 0 Å². The maximum absolute atomic E-state index is 8.74. The molecule has 0 spiro atoms. The second kappa shape index (κ2) is 10.2. The Labute approximate surface area is 200 Å². The van der Waals surface area contributed by atoms with Gasteiger partial charge in [0.05, 0.1) is 0 Å². The van der Waals surface area contributed by atoms with Crippen LogP contribution in [-0.4, -0.2) is 36.2 Å². The standard InChI is InChI=1S/C26H28N3.H2O4S/c1-19-17-21(20(2)29(19)24-9-7-6-8-10-24)11-13-23-14-12-22-18-25(27(3)4)15-16-26(22)28(23)5;1-5(2,3)4/h6-18H,1-5H3;(H2,1,2,3,4)/q+1;. The Morgan fingerprint density at radius 1 is 0.912 bits per heavy atom. The van der Waals surface area contributed by atoms with Gasteiger partial charge in [-0.3, -0.25) is 9.11 Å². The number of hydrogen-bond donors (Lipinski definition) is 2. The molecule has 0 radical (unpaired) electrons. The Bertz CT molecular complexity index is 1430. The fraction of sp³-hybridized carbons (Fsp3) is 0.192. The zero-order chi connectivity index (χ0) is 25.0. The van der Waals surface area contributed by atoms with Gasteiger partial charge < -0.3 is 9.47 Å². The van der Waals surface area contributed by atoms with Gasteiger partial charge in [-0.15, -0.1) is 0 Å². The molecule has 4 aromatic rings. The number of pyridine rings is 1. The van der Waals surface area contributed by atoms with E-state index in [0.717, 1.165) is 0 Å². The van der Waals surface area contributed by atoms with Gasteiger partial charge in [0.15, 0.2) is 0 Å². The fourth-order valence-electron chi connectivity index (χ4n) is 3.96. The van der Waals surface area contributed by atoms with E-state index in [1.54, 1.807) is 0 Å². The first kappa shape index (κ1) is 25.2. The summed E-state index contributed by atoms with van der Waals surface area (Å²) in [5.74, 6) is 0. The number of fused-ring (bicyclic) bond motifs is 1. The average molecular weight is 481 g/mol. The van der Waals surface area contributed by atoms with Gasteiger partial charge in [0.25, 0.3) is 0 Å². The third-order valence-electron chi connectivity index (χ3n) is 5.63. The molecule has 178 valence electrons. The second-order valence-electron chi connectivity index (χ2n) is 8.23. The molecule has 0 aliphatic heterocycles. The Balaban J connectivity index is 0.000000588. The van der Waals surface area contributed by atoms with Gasteiger partial charge in [0, 0.05) is 60.5 Å². The number of anilines is 1. The summed E-state index contributed by atoms with van der Waals surface area (Å²) >= 11 is 0. The maximum Gasteiger partial charge on any atom is 0.394 e. The molecule has 0 saturated heterocycles. The van der Waals surface area contributed by atoms with Crippen molar-refractivity contribution in [2.75, 3.05) is 19.0 Å². The first-order valence-electron chi connectivity index (χ1n) is 10.7. The Morgan fingerprint density at radius 2 is 1.56 bits per heavy atom. The summed E-state index contributed by atoms with van der Waals surface area (Å²) in [6.07, 6.45) is 4.42. The minimum absolute atomic E-state index is 1.18. The summed E-state index contributed by atoms with van der Waals surface area (Å²) in [5, 5.41) is 1.25. The molecule has 0 unspecified atom stereocenters. The van der Waals surface area contributed by atoms with E-state index in [9.17, 15) is 0 Å². The smallest absolute Gasteiger partial charge is 0.378 e. The molecule has 0 atom stereocenters. The first-order chi connectivity index (χ1) is 16.0. The average Bonchev–Trinajstić information content (AvgIpc) is 3.05. The number of nitrogens with zero attached hydrogens (tertiary/aromatic N) is 3. The van der Waals surface area contributed by atoms with Crippen molar-refractivity contribution in [3.63, 3.8) is 0 Å². The molecule has 8 heteroatoms. The van der Waals surface area contributed by atoms with Gasteiger partial charge in [-0.25, -0.2) is 0 Å². The SMILES string of the molecule is Cc1cc(/C=C/c2ccc3cc(N(C)C)ccc3[n+]2C)c(C)n1-c1ccccc1.O=S(=O)(O)O. The van der Waals surface area contributed by atoms with Crippen LogP contribution in [0.1, 0.15) is 22.6 Å². The molecule has 2 heterocycles. The summed E-state index contributed by atoms with van der Waals surface area (Å²) in [7, 11) is 1.61. The van der Waals surface area contributed by atoms with E-state index in [1.165, 1.54) is 44.9 Å². The summed E-state index contributed by atoms with van der Waals surface area (Å²) < 4.78 is 36.1. The molecular weight excluding hydrogens is 450 g/mol. The van der Waals surface area contributed by atoms with E-state index in [0.29, 0.717) is 0 Å². The van der Waals surface area contributed by atoms with Crippen LogP contribution in [0.5, 0.6) is 0 Å². The molecule has 0 aliphatic carbocycles. The molecule has 2 aromatic carbocycles. The molecule has 7 nitrogen and oxygen atoms in total. The molecule has 0 fully saturated rings. The molecular formula is C26H30N3O4S+. The summed E-state index contributed by atoms with van der Waals surface area (Å²) in [5.41, 5.74) is 8.57. The van der Waals surface area contributed by atoms with Gasteiger partial charge in [-0.2, -0.15) is 13.0 Å². The Hall–Kier alpha value is -3.46. The van der Waals surface area contributed by atoms with Crippen LogP contribution in [-0.2, 0) is 17.4 Å². The third kappa shape index (κ3) is 6.11. The van der Waals surface area contributed by atoms with E-state index in [2.05, 4.69) is 128 Å². The number of rotatable bonds is 4. The molecule has 0 amide bonds. The number of hydrogen-bond acceptors (Lipinski definition) is 3. The highest BCUT2D eigenvalue weighted by atomic mass is 32.3. The lowest BCUT2D eigenvalue weighted by Gasteiger charge is -2.12. The normalized spacial score (nSPS) is 11.5. The first-order valence-corrected chi connectivity index (χ1v) is 12.1. The Morgan fingerprint density at radius 3 is 2.18 bits per heavy atom. The number of aryl methyl sites for hydroxylation is 2. The van der Waals surface area contributed by atoms with Crippen LogP contribution < -0.4 is 9.47 Å². The van der Waals surface area contributed by atoms with Gasteiger partial charge >= 0.3 is 10.4 Å². The van der Waals surface area contributed by atoms with Crippen LogP contribution in [0.25, 0.3) is 28.7 Å². The van der Waals surface area contributed by atoms with Crippen molar-refractivity contribution in [2.45, 2.75) is 13.8 Å². The van der Waals surface area contributed by atoms with E-state index < -0.39 is 10.4 Å². The molecule has 34 heavy (non-hydrogen) atoms. The minimum atomic E-state index is -4.67. The van der Waals surface area contributed by atoms with Crippen LogP contribution in [0, 0.1) is 13.8 Å². The van der Waals surface area contributed by atoms with Crippen LogP contribution in [0.2, 0.25) is 0 Å². The quantitative estimate of drug-likeness (QED) is 0.328. The van der Waals surface area contributed by atoms with Crippen molar-refractivity contribution >= 4 is 39.1 Å². The summed E-state index contributed by atoms with van der Waals surface area (Å²) in [4.78, 5) is 2.13. The van der Waals surface area contributed by atoms with Crippen LogP contribution in [0.3, 0.4) is 0 Å². The lowest BCUT2D eigenvalue weighted by atomic mass is 10.1. The van der Waals surface area contributed by atoms with Gasteiger partial charge in [-0.05, 0) is 61.9 Å². The van der Waals surface area contributed by atoms with Crippen molar-refractivity contribution in [2.24, 2.45) is 7.05 Å². The van der Waals surface area contributed by atoms with E-state index in [4.69, 9.17) is 17.5 Å². The highest BCUT2D eigenvalue weighted by Crippen LogP contribution is 2.23. The number of benzene rings is 2. The van der Waals surface area contributed by atoms with Crippen molar-refractivity contribution in [3.05, 3.63) is 89.4 Å². The van der Waals surface area contributed by atoms with Crippen molar-refractivity contribution in [3.8, 4) is 5.69 Å². The fourth-order valence-corrected chi connectivity index (χ4v) is 3.96. The number of aromatic nitrogens is 2.